The zero-order valence-electron chi connectivity index (χ0n) is 7.45. The highest BCUT2D eigenvalue weighted by Gasteiger charge is 2.33. The molecule has 2 atom stereocenters. The first kappa shape index (κ1) is 8.20. The Bertz CT molecular complexity index is 193. The molecule has 0 aromatic carbocycles. The van der Waals surface area contributed by atoms with Gasteiger partial charge in [0.2, 0.25) is 0 Å². The van der Waals surface area contributed by atoms with Crippen LogP contribution in [0.3, 0.4) is 0 Å². The first-order chi connectivity index (χ1) is 5.75. The second kappa shape index (κ2) is 3.15. The molecule has 2 heterocycles. The number of Topliss-reactive ketones (excluding diaryl/α,β-unsaturated/α-hetero) is 1. The van der Waals surface area contributed by atoms with E-state index in [4.69, 9.17) is 4.74 Å². The van der Waals surface area contributed by atoms with Gasteiger partial charge in [-0.25, -0.2) is 0 Å². The molecule has 2 rings (SSSR count). The van der Waals surface area contributed by atoms with Gasteiger partial charge in [0, 0.05) is 25.4 Å². The van der Waals surface area contributed by atoms with E-state index in [-0.39, 0.29) is 5.78 Å². The molecule has 2 unspecified atom stereocenters. The van der Waals surface area contributed by atoms with Crippen LogP contribution < -0.4 is 0 Å². The van der Waals surface area contributed by atoms with Crippen LogP contribution >= 0.6 is 0 Å². The van der Waals surface area contributed by atoms with Crippen molar-refractivity contribution in [2.24, 2.45) is 5.92 Å². The van der Waals surface area contributed by atoms with Gasteiger partial charge in [-0.3, -0.25) is 4.79 Å². The molecule has 0 aromatic heterocycles. The number of hydrogen-bond donors (Lipinski definition) is 0. The number of carbonyl (C=O) groups excluding carboxylic acids is 1. The summed E-state index contributed by atoms with van der Waals surface area (Å²) in [5.41, 5.74) is 0. The molecule has 0 bridgehead atoms. The second-order valence-corrected chi connectivity index (χ2v) is 3.90. The quantitative estimate of drug-likeness (QED) is 0.522. The zero-order valence-corrected chi connectivity index (χ0v) is 7.45. The Morgan fingerprint density at radius 3 is 3.25 bits per heavy atom. The van der Waals surface area contributed by atoms with Gasteiger partial charge in [-0.05, 0) is 13.5 Å². The van der Waals surface area contributed by atoms with Gasteiger partial charge in [0.05, 0.1) is 6.10 Å². The van der Waals surface area contributed by atoms with Crippen LogP contribution in [-0.4, -0.2) is 43.5 Å². The third-order valence-electron chi connectivity index (χ3n) is 2.82. The zero-order chi connectivity index (χ0) is 8.55. The molecule has 0 spiro atoms. The lowest BCUT2D eigenvalue weighted by atomic mass is 9.88. The maximum atomic E-state index is 11.1. The van der Waals surface area contributed by atoms with Gasteiger partial charge in [0.15, 0.2) is 5.78 Å². The summed E-state index contributed by atoms with van der Waals surface area (Å²) in [5, 5.41) is 0. The number of ketones is 1. The summed E-state index contributed by atoms with van der Waals surface area (Å²) in [4.78, 5) is 13.4. The van der Waals surface area contributed by atoms with E-state index >= 15 is 0 Å². The third kappa shape index (κ3) is 1.52. The normalized spacial score (nSPS) is 37.9. The fraction of sp³-hybridized carbons (Fsp3) is 0.889. The minimum absolute atomic E-state index is 0.270. The smallest absolute Gasteiger partial charge is 0.158 e. The fourth-order valence-corrected chi connectivity index (χ4v) is 2.16. The van der Waals surface area contributed by atoms with Crippen LogP contribution in [0.25, 0.3) is 0 Å². The number of likely N-dealkylation sites (tertiary alicyclic amines) is 1. The van der Waals surface area contributed by atoms with Crippen LogP contribution in [0.15, 0.2) is 0 Å². The SMILES string of the molecule is CN1CCC2OCC(=O)CC2C1. The van der Waals surface area contributed by atoms with Crippen molar-refractivity contribution in [2.45, 2.75) is 18.9 Å². The predicted octanol–water partition coefficient (Wildman–Crippen LogP) is 0.296. The minimum Gasteiger partial charge on any atom is -0.370 e. The van der Waals surface area contributed by atoms with Gasteiger partial charge in [0.25, 0.3) is 0 Å². The highest BCUT2D eigenvalue weighted by Crippen LogP contribution is 2.25. The van der Waals surface area contributed by atoms with E-state index < -0.39 is 0 Å². The number of hydrogen-bond acceptors (Lipinski definition) is 3. The van der Waals surface area contributed by atoms with Crippen molar-refractivity contribution < 1.29 is 9.53 Å². The Morgan fingerprint density at radius 1 is 1.58 bits per heavy atom. The first-order valence-corrected chi connectivity index (χ1v) is 4.57. The maximum absolute atomic E-state index is 11.1. The number of ether oxygens (including phenoxy) is 1. The highest BCUT2D eigenvalue weighted by molar-refractivity contribution is 5.80. The van der Waals surface area contributed by atoms with Crippen LogP contribution in [0.4, 0.5) is 0 Å². The molecule has 68 valence electrons. The Balaban J connectivity index is 1.99. The van der Waals surface area contributed by atoms with Crippen LogP contribution in [0, 0.1) is 5.92 Å². The number of fused-ring (bicyclic) bond motifs is 1. The summed E-state index contributed by atoms with van der Waals surface area (Å²) in [5.74, 6) is 0.733. The monoisotopic (exact) mass is 169 g/mol. The van der Waals surface area contributed by atoms with Crippen LogP contribution in [0.2, 0.25) is 0 Å². The Hall–Kier alpha value is -0.410. The van der Waals surface area contributed by atoms with E-state index in [1.54, 1.807) is 0 Å². The van der Waals surface area contributed by atoms with Crippen molar-refractivity contribution in [1.29, 1.82) is 0 Å². The predicted molar refractivity (Wildman–Crippen MR) is 45.0 cm³/mol. The van der Waals surface area contributed by atoms with Crippen molar-refractivity contribution >= 4 is 5.78 Å². The van der Waals surface area contributed by atoms with E-state index in [1.165, 1.54) is 0 Å². The molecule has 12 heavy (non-hydrogen) atoms. The van der Waals surface area contributed by atoms with E-state index in [9.17, 15) is 4.79 Å². The molecule has 0 aromatic rings. The third-order valence-corrected chi connectivity index (χ3v) is 2.82. The average Bonchev–Trinajstić information content (AvgIpc) is 2.03. The van der Waals surface area contributed by atoms with E-state index in [0.717, 1.165) is 25.9 Å². The largest absolute Gasteiger partial charge is 0.370 e. The van der Waals surface area contributed by atoms with E-state index in [2.05, 4.69) is 11.9 Å². The lowest BCUT2D eigenvalue weighted by Crippen LogP contribution is -2.46. The second-order valence-electron chi connectivity index (χ2n) is 3.90. The van der Waals surface area contributed by atoms with E-state index in [0.29, 0.717) is 18.6 Å². The van der Waals surface area contributed by atoms with Gasteiger partial charge in [-0.2, -0.15) is 0 Å². The Morgan fingerprint density at radius 2 is 2.42 bits per heavy atom. The molecule has 0 amide bonds. The van der Waals surface area contributed by atoms with Gasteiger partial charge in [0.1, 0.15) is 6.61 Å². The molecule has 0 radical (unpaired) electrons. The summed E-state index contributed by atoms with van der Waals surface area (Å²) in [6.07, 6.45) is 2.18. The van der Waals surface area contributed by atoms with Crippen LogP contribution in [-0.2, 0) is 9.53 Å². The van der Waals surface area contributed by atoms with Crippen LogP contribution in [0.5, 0.6) is 0 Å². The molecule has 2 fully saturated rings. The van der Waals surface area contributed by atoms with E-state index in [1.807, 2.05) is 0 Å². The molecule has 2 aliphatic rings. The maximum Gasteiger partial charge on any atom is 0.158 e. The molecule has 2 aliphatic heterocycles. The first-order valence-electron chi connectivity index (χ1n) is 4.57. The summed E-state index contributed by atoms with van der Waals surface area (Å²) < 4.78 is 5.47. The fourth-order valence-electron chi connectivity index (χ4n) is 2.16. The highest BCUT2D eigenvalue weighted by atomic mass is 16.5. The van der Waals surface area contributed by atoms with Crippen LogP contribution in [0.1, 0.15) is 12.8 Å². The topological polar surface area (TPSA) is 29.5 Å². The summed E-state index contributed by atoms with van der Waals surface area (Å²) >= 11 is 0. The van der Waals surface area contributed by atoms with Crippen molar-refractivity contribution in [3.8, 4) is 0 Å². The lowest BCUT2D eigenvalue weighted by Gasteiger charge is -2.38. The Kier molecular flexibility index (Phi) is 2.15. The van der Waals surface area contributed by atoms with Gasteiger partial charge in [-0.1, -0.05) is 0 Å². The number of piperidine rings is 1. The molecule has 0 saturated carbocycles. The average molecular weight is 169 g/mol. The van der Waals surface area contributed by atoms with Gasteiger partial charge in [-0.15, -0.1) is 0 Å². The molecule has 3 heteroatoms. The summed E-state index contributed by atoms with van der Waals surface area (Å²) in [7, 11) is 2.11. The van der Waals surface area contributed by atoms with Crippen molar-refractivity contribution in [3.63, 3.8) is 0 Å². The molecular formula is C9H15NO2. The molecule has 3 nitrogen and oxygen atoms in total. The molecule has 0 N–H and O–H groups in total. The lowest BCUT2D eigenvalue weighted by molar-refractivity contribution is -0.140. The number of carbonyl (C=O) groups is 1. The van der Waals surface area contributed by atoms with Crippen molar-refractivity contribution in [2.75, 3.05) is 26.7 Å². The minimum atomic E-state index is 0.270. The summed E-state index contributed by atoms with van der Waals surface area (Å²) in [6, 6.07) is 0. The van der Waals surface area contributed by atoms with Gasteiger partial charge >= 0.3 is 0 Å². The molecule has 0 aliphatic carbocycles. The number of nitrogens with zero attached hydrogens (tertiary/aromatic N) is 1. The molecule has 2 saturated heterocycles. The Labute approximate surface area is 72.7 Å². The molecular weight excluding hydrogens is 154 g/mol. The van der Waals surface area contributed by atoms with Gasteiger partial charge < -0.3 is 9.64 Å². The standard InChI is InChI=1S/C9H15NO2/c1-10-3-2-9-7(5-10)4-8(11)6-12-9/h7,9H,2-6H2,1H3. The number of rotatable bonds is 0. The van der Waals surface area contributed by atoms with Crippen molar-refractivity contribution in [3.05, 3.63) is 0 Å². The summed E-state index contributed by atoms with van der Waals surface area (Å²) in [6.45, 7) is 2.48. The van der Waals surface area contributed by atoms with Crippen molar-refractivity contribution in [1.82, 2.24) is 4.90 Å².